The average Bonchev–Trinajstić information content (AvgIpc) is 2.60. The molecule has 84 valence electrons. The largest absolute Gasteiger partial charge is 0.333 e. The molecule has 3 nitrogen and oxygen atoms in total. The number of nitrogens with zero attached hydrogens (tertiary/aromatic N) is 1. The lowest BCUT2D eigenvalue weighted by Gasteiger charge is -2.33. The van der Waals surface area contributed by atoms with Crippen LogP contribution in [0.5, 0.6) is 0 Å². The van der Waals surface area contributed by atoms with Gasteiger partial charge in [-0.25, -0.2) is 0 Å². The Kier molecular flexibility index (Phi) is 3.08. The smallest absolute Gasteiger partial charge is 0.290 e. The minimum Gasteiger partial charge on any atom is -0.333 e. The Hall–Kier alpha value is -0.860. The summed E-state index contributed by atoms with van der Waals surface area (Å²) in [6, 6.07) is 0.268. The Balaban J connectivity index is 1.97. The second-order valence-corrected chi connectivity index (χ2v) is 4.81. The van der Waals surface area contributed by atoms with Crippen LogP contribution in [-0.2, 0) is 9.59 Å². The highest BCUT2D eigenvalue weighted by molar-refractivity contribution is 6.37. The molecule has 1 unspecified atom stereocenters. The Morgan fingerprint density at radius 3 is 2.40 bits per heavy atom. The van der Waals surface area contributed by atoms with Crippen LogP contribution in [0.15, 0.2) is 0 Å². The second-order valence-electron chi connectivity index (χ2n) is 4.81. The minimum atomic E-state index is -0.243. The molecule has 1 aliphatic heterocycles. The molecule has 2 fully saturated rings. The van der Waals surface area contributed by atoms with Crippen molar-refractivity contribution in [2.75, 3.05) is 6.54 Å². The van der Waals surface area contributed by atoms with E-state index in [4.69, 9.17) is 0 Å². The fraction of sp³-hybridized carbons (Fsp3) is 0.833. The van der Waals surface area contributed by atoms with Crippen LogP contribution in [0.4, 0.5) is 0 Å². The molecule has 0 aromatic rings. The molecule has 0 radical (unpaired) electrons. The molecular formula is C12H19NO2. The molecule has 15 heavy (non-hydrogen) atoms. The minimum absolute atomic E-state index is 0.197. The Morgan fingerprint density at radius 1 is 1.20 bits per heavy atom. The van der Waals surface area contributed by atoms with Gasteiger partial charge in [-0.15, -0.1) is 0 Å². The van der Waals surface area contributed by atoms with E-state index in [1.54, 1.807) is 4.90 Å². The maximum Gasteiger partial charge on any atom is 0.290 e. The van der Waals surface area contributed by atoms with E-state index in [2.05, 4.69) is 6.92 Å². The highest BCUT2D eigenvalue weighted by Crippen LogP contribution is 2.30. The summed E-state index contributed by atoms with van der Waals surface area (Å²) in [4.78, 5) is 24.5. The zero-order chi connectivity index (χ0) is 10.8. The van der Waals surface area contributed by atoms with Gasteiger partial charge in [-0.1, -0.05) is 19.3 Å². The van der Waals surface area contributed by atoms with Gasteiger partial charge in [0.2, 0.25) is 5.78 Å². The standard InChI is InChI=1S/C12H19NO2/c1-9(10-5-3-2-4-6-10)13-8-7-11(14)12(13)15/h9-10H,2-8H2,1H3. The summed E-state index contributed by atoms with van der Waals surface area (Å²) in [6.45, 7) is 2.75. The summed E-state index contributed by atoms with van der Waals surface area (Å²) in [5, 5.41) is 0. The van der Waals surface area contributed by atoms with Gasteiger partial charge in [0.1, 0.15) is 0 Å². The molecule has 3 heteroatoms. The van der Waals surface area contributed by atoms with Crippen LogP contribution in [0.2, 0.25) is 0 Å². The zero-order valence-electron chi connectivity index (χ0n) is 9.37. The molecule has 0 aromatic carbocycles. The zero-order valence-corrected chi connectivity index (χ0v) is 9.37. The summed E-state index contributed by atoms with van der Waals surface area (Å²) < 4.78 is 0. The lowest BCUT2D eigenvalue weighted by Crippen LogP contribution is -2.41. The van der Waals surface area contributed by atoms with E-state index >= 15 is 0 Å². The summed E-state index contributed by atoms with van der Waals surface area (Å²) >= 11 is 0. The van der Waals surface area contributed by atoms with E-state index in [1.807, 2.05) is 0 Å². The van der Waals surface area contributed by atoms with E-state index in [1.165, 1.54) is 32.1 Å². The third kappa shape index (κ3) is 2.06. The van der Waals surface area contributed by atoms with Crippen LogP contribution in [-0.4, -0.2) is 29.2 Å². The van der Waals surface area contributed by atoms with Gasteiger partial charge in [-0.05, 0) is 25.7 Å². The highest BCUT2D eigenvalue weighted by atomic mass is 16.2. The maximum absolute atomic E-state index is 11.6. The summed E-state index contributed by atoms with van der Waals surface area (Å²) in [6.07, 6.45) is 6.76. The third-order valence-electron chi connectivity index (χ3n) is 3.90. The molecule has 1 heterocycles. The lowest BCUT2D eigenvalue weighted by atomic mass is 9.84. The Labute approximate surface area is 90.8 Å². The lowest BCUT2D eigenvalue weighted by molar-refractivity contribution is -0.141. The van der Waals surface area contributed by atoms with Gasteiger partial charge < -0.3 is 4.90 Å². The molecule has 0 aromatic heterocycles. The van der Waals surface area contributed by atoms with Gasteiger partial charge in [0.05, 0.1) is 0 Å². The molecule has 1 amide bonds. The summed E-state index contributed by atoms with van der Waals surface area (Å²) in [5.74, 6) is 0.180. The van der Waals surface area contributed by atoms with Crippen molar-refractivity contribution in [1.29, 1.82) is 0 Å². The van der Waals surface area contributed by atoms with E-state index in [0.29, 0.717) is 18.9 Å². The van der Waals surface area contributed by atoms with Crippen molar-refractivity contribution in [3.05, 3.63) is 0 Å². The third-order valence-corrected chi connectivity index (χ3v) is 3.90. The second kappa shape index (κ2) is 4.33. The number of likely N-dealkylation sites (tertiary alicyclic amines) is 1. The predicted octanol–water partition coefficient (Wildman–Crippen LogP) is 1.76. The highest BCUT2D eigenvalue weighted by Gasteiger charge is 2.35. The first-order valence-corrected chi connectivity index (χ1v) is 6.04. The molecule has 1 saturated carbocycles. The van der Waals surface area contributed by atoms with E-state index in [-0.39, 0.29) is 17.7 Å². The molecule has 1 saturated heterocycles. The molecule has 1 atom stereocenters. The number of rotatable bonds is 2. The molecule has 0 bridgehead atoms. The quantitative estimate of drug-likeness (QED) is 0.650. The normalized spacial score (nSPS) is 26.1. The number of carbonyl (C=O) groups excluding carboxylic acids is 2. The van der Waals surface area contributed by atoms with Gasteiger partial charge in [-0.2, -0.15) is 0 Å². The number of amides is 1. The van der Waals surface area contributed by atoms with Crippen LogP contribution in [0.3, 0.4) is 0 Å². The van der Waals surface area contributed by atoms with E-state index in [0.717, 1.165) is 0 Å². The molecular weight excluding hydrogens is 190 g/mol. The molecule has 0 spiro atoms. The van der Waals surface area contributed by atoms with Crippen LogP contribution < -0.4 is 0 Å². The van der Waals surface area contributed by atoms with Crippen LogP contribution in [0.1, 0.15) is 45.4 Å². The molecule has 1 aliphatic carbocycles. The summed E-state index contributed by atoms with van der Waals surface area (Å²) in [5.41, 5.74) is 0. The van der Waals surface area contributed by atoms with Crippen molar-refractivity contribution in [3.63, 3.8) is 0 Å². The van der Waals surface area contributed by atoms with Crippen molar-refractivity contribution in [1.82, 2.24) is 4.90 Å². The van der Waals surface area contributed by atoms with Gasteiger partial charge >= 0.3 is 0 Å². The number of ketones is 1. The SMILES string of the molecule is CC(C1CCCCC1)N1CCC(=O)C1=O. The Bertz CT molecular complexity index is 269. The fourth-order valence-corrected chi connectivity index (χ4v) is 2.85. The topological polar surface area (TPSA) is 37.4 Å². The van der Waals surface area contributed by atoms with Crippen molar-refractivity contribution in [2.24, 2.45) is 5.92 Å². The first kappa shape index (κ1) is 10.7. The van der Waals surface area contributed by atoms with E-state index in [9.17, 15) is 9.59 Å². The summed E-state index contributed by atoms with van der Waals surface area (Å²) in [7, 11) is 0. The van der Waals surface area contributed by atoms with Gasteiger partial charge in [0, 0.05) is 19.0 Å². The first-order chi connectivity index (χ1) is 7.20. The van der Waals surface area contributed by atoms with Gasteiger partial charge in [0.25, 0.3) is 5.91 Å². The molecule has 2 aliphatic rings. The number of hydrogen-bond acceptors (Lipinski definition) is 2. The first-order valence-electron chi connectivity index (χ1n) is 6.04. The van der Waals surface area contributed by atoms with Crippen LogP contribution in [0.25, 0.3) is 0 Å². The fourth-order valence-electron chi connectivity index (χ4n) is 2.85. The predicted molar refractivity (Wildman–Crippen MR) is 57.4 cm³/mol. The van der Waals surface area contributed by atoms with Crippen molar-refractivity contribution >= 4 is 11.7 Å². The monoisotopic (exact) mass is 209 g/mol. The van der Waals surface area contributed by atoms with Crippen molar-refractivity contribution < 1.29 is 9.59 Å². The average molecular weight is 209 g/mol. The molecule has 0 N–H and O–H groups in total. The number of Topliss-reactive ketones (excluding diaryl/α,β-unsaturated/α-hetero) is 1. The number of hydrogen-bond donors (Lipinski definition) is 0. The van der Waals surface area contributed by atoms with Crippen molar-refractivity contribution in [3.8, 4) is 0 Å². The van der Waals surface area contributed by atoms with Crippen LogP contribution in [0, 0.1) is 5.92 Å². The van der Waals surface area contributed by atoms with E-state index < -0.39 is 0 Å². The Morgan fingerprint density at radius 2 is 1.87 bits per heavy atom. The number of carbonyl (C=O) groups is 2. The van der Waals surface area contributed by atoms with Gasteiger partial charge in [-0.3, -0.25) is 9.59 Å². The van der Waals surface area contributed by atoms with Gasteiger partial charge in [0.15, 0.2) is 0 Å². The van der Waals surface area contributed by atoms with Crippen LogP contribution >= 0.6 is 0 Å². The van der Waals surface area contributed by atoms with Crippen molar-refractivity contribution in [2.45, 2.75) is 51.5 Å². The molecule has 2 rings (SSSR count). The maximum atomic E-state index is 11.6.